The van der Waals surface area contributed by atoms with E-state index in [1.165, 1.54) is 19.3 Å². The second-order valence-corrected chi connectivity index (χ2v) is 3.69. The van der Waals surface area contributed by atoms with E-state index in [9.17, 15) is 0 Å². The molecule has 0 aliphatic carbocycles. The second-order valence-electron chi connectivity index (χ2n) is 3.69. The first-order chi connectivity index (χ1) is 6.74. The zero-order chi connectivity index (χ0) is 10.4. The molecule has 3 heteroatoms. The van der Waals surface area contributed by atoms with Crippen molar-refractivity contribution < 1.29 is 4.42 Å². The van der Waals surface area contributed by atoms with E-state index in [1.807, 2.05) is 6.92 Å². The number of hydrogen-bond acceptors (Lipinski definition) is 3. The number of aryl methyl sites for hydroxylation is 1. The summed E-state index contributed by atoms with van der Waals surface area (Å²) in [4.78, 5) is 4.19. The molecule has 80 valence electrons. The number of nitrogens with zero attached hydrogens (tertiary/aromatic N) is 1. The highest BCUT2D eigenvalue weighted by molar-refractivity contribution is 4.94. The number of hydrogen-bond donors (Lipinski definition) is 1. The van der Waals surface area contributed by atoms with Gasteiger partial charge >= 0.3 is 0 Å². The Labute approximate surface area is 85.9 Å². The van der Waals surface area contributed by atoms with Crippen molar-refractivity contribution >= 4 is 0 Å². The minimum Gasteiger partial charge on any atom is -0.444 e. The molecule has 0 bridgehead atoms. The van der Waals surface area contributed by atoms with Gasteiger partial charge in [-0.05, 0) is 26.8 Å². The van der Waals surface area contributed by atoms with E-state index in [1.54, 1.807) is 6.20 Å². The first-order valence-corrected chi connectivity index (χ1v) is 5.39. The first-order valence-electron chi connectivity index (χ1n) is 5.39. The van der Waals surface area contributed by atoms with Crippen molar-refractivity contribution in [1.82, 2.24) is 10.3 Å². The fourth-order valence-corrected chi connectivity index (χ4v) is 1.35. The summed E-state index contributed by atoms with van der Waals surface area (Å²) in [5.74, 6) is 1.67. The molecule has 0 aliphatic heterocycles. The molecule has 1 rings (SSSR count). The highest BCUT2D eigenvalue weighted by Gasteiger charge is 2.09. The van der Waals surface area contributed by atoms with E-state index in [0.717, 1.165) is 18.2 Å². The maximum atomic E-state index is 5.43. The van der Waals surface area contributed by atoms with Gasteiger partial charge in [0, 0.05) is 0 Å². The van der Waals surface area contributed by atoms with Crippen LogP contribution in [-0.2, 0) is 0 Å². The van der Waals surface area contributed by atoms with E-state index < -0.39 is 0 Å². The summed E-state index contributed by atoms with van der Waals surface area (Å²) < 4.78 is 5.43. The van der Waals surface area contributed by atoms with Crippen LogP contribution in [0.4, 0.5) is 0 Å². The van der Waals surface area contributed by atoms with Gasteiger partial charge < -0.3 is 9.73 Å². The predicted octanol–water partition coefficient (Wildman–Crippen LogP) is 2.82. The van der Waals surface area contributed by atoms with Crippen molar-refractivity contribution in [2.45, 2.75) is 46.1 Å². The summed E-state index contributed by atoms with van der Waals surface area (Å²) in [7, 11) is 0. The summed E-state index contributed by atoms with van der Waals surface area (Å²) in [6.45, 7) is 7.24. The van der Waals surface area contributed by atoms with E-state index in [2.05, 4.69) is 24.1 Å². The van der Waals surface area contributed by atoms with Crippen molar-refractivity contribution in [3.8, 4) is 0 Å². The lowest BCUT2D eigenvalue weighted by Crippen LogP contribution is -2.19. The quantitative estimate of drug-likeness (QED) is 0.711. The van der Waals surface area contributed by atoms with Crippen LogP contribution in [0.25, 0.3) is 0 Å². The molecule has 1 heterocycles. The summed E-state index contributed by atoms with van der Waals surface area (Å²) in [6.07, 6.45) is 5.53. The van der Waals surface area contributed by atoms with Gasteiger partial charge in [-0.25, -0.2) is 4.98 Å². The van der Waals surface area contributed by atoms with Crippen LogP contribution in [0.1, 0.15) is 50.8 Å². The number of nitrogens with one attached hydrogen (secondary N) is 1. The Hall–Kier alpha value is -0.830. The molecule has 1 N–H and O–H groups in total. The minimum atomic E-state index is 0.223. The van der Waals surface area contributed by atoms with Gasteiger partial charge in [0.2, 0.25) is 5.89 Å². The number of rotatable bonds is 6. The molecule has 0 aromatic carbocycles. The normalized spacial score (nSPS) is 13.1. The molecule has 14 heavy (non-hydrogen) atoms. The van der Waals surface area contributed by atoms with Gasteiger partial charge in [0.25, 0.3) is 0 Å². The number of oxazole rings is 1. The molecule has 1 aromatic rings. The second kappa shape index (κ2) is 5.81. The third kappa shape index (κ3) is 3.50. The summed E-state index contributed by atoms with van der Waals surface area (Å²) in [5.41, 5.74) is 0. The molecule has 3 nitrogen and oxygen atoms in total. The zero-order valence-corrected chi connectivity index (χ0v) is 9.34. The lowest BCUT2D eigenvalue weighted by molar-refractivity contribution is 0.400. The largest absolute Gasteiger partial charge is 0.444 e. The van der Waals surface area contributed by atoms with E-state index >= 15 is 0 Å². The number of unbranched alkanes of at least 4 members (excludes halogenated alkanes) is 2. The molecule has 1 unspecified atom stereocenters. The van der Waals surface area contributed by atoms with Gasteiger partial charge in [0.1, 0.15) is 5.76 Å². The minimum absolute atomic E-state index is 0.223. The fraction of sp³-hybridized carbons (Fsp3) is 0.727. The van der Waals surface area contributed by atoms with Gasteiger partial charge in [-0.1, -0.05) is 19.8 Å². The molecular formula is C11H20N2O. The Morgan fingerprint density at radius 1 is 1.50 bits per heavy atom. The molecule has 0 fully saturated rings. The van der Waals surface area contributed by atoms with E-state index in [-0.39, 0.29) is 6.04 Å². The summed E-state index contributed by atoms with van der Waals surface area (Å²) in [5, 5.41) is 3.39. The first kappa shape index (κ1) is 11.2. The molecule has 1 aromatic heterocycles. The molecule has 0 spiro atoms. The number of aromatic nitrogens is 1. The van der Waals surface area contributed by atoms with Crippen molar-refractivity contribution in [2.24, 2.45) is 0 Å². The van der Waals surface area contributed by atoms with E-state index in [4.69, 9.17) is 4.42 Å². The summed E-state index contributed by atoms with van der Waals surface area (Å²) >= 11 is 0. The van der Waals surface area contributed by atoms with Gasteiger partial charge in [-0.15, -0.1) is 0 Å². The van der Waals surface area contributed by atoms with Crippen LogP contribution in [0.5, 0.6) is 0 Å². The van der Waals surface area contributed by atoms with Crippen molar-refractivity contribution in [3.05, 3.63) is 17.8 Å². The Balaban J connectivity index is 2.25. The maximum absolute atomic E-state index is 5.43. The molecular weight excluding hydrogens is 176 g/mol. The highest BCUT2D eigenvalue weighted by Crippen LogP contribution is 2.11. The topological polar surface area (TPSA) is 38.1 Å². The molecule has 0 aliphatic rings. The SMILES string of the molecule is CCCCCNC(C)c1ncc(C)o1. The zero-order valence-electron chi connectivity index (χ0n) is 9.34. The van der Waals surface area contributed by atoms with Crippen molar-refractivity contribution in [2.75, 3.05) is 6.54 Å². The fourth-order valence-electron chi connectivity index (χ4n) is 1.35. The predicted molar refractivity (Wildman–Crippen MR) is 57.2 cm³/mol. The standard InChI is InChI=1S/C11H20N2O/c1-4-5-6-7-12-10(3)11-13-8-9(2)14-11/h8,10,12H,4-7H2,1-3H3. The van der Waals surface area contributed by atoms with Crippen LogP contribution in [0.2, 0.25) is 0 Å². The van der Waals surface area contributed by atoms with Crippen LogP contribution >= 0.6 is 0 Å². The average molecular weight is 196 g/mol. The highest BCUT2D eigenvalue weighted by atomic mass is 16.4. The van der Waals surface area contributed by atoms with Crippen molar-refractivity contribution in [1.29, 1.82) is 0 Å². The molecule has 0 radical (unpaired) electrons. The van der Waals surface area contributed by atoms with Crippen LogP contribution in [0.3, 0.4) is 0 Å². The lowest BCUT2D eigenvalue weighted by Gasteiger charge is -2.09. The van der Waals surface area contributed by atoms with E-state index in [0.29, 0.717) is 0 Å². The molecule has 0 amide bonds. The smallest absolute Gasteiger partial charge is 0.211 e. The van der Waals surface area contributed by atoms with Gasteiger partial charge in [-0.3, -0.25) is 0 Å². The monoisotopic (exact) mass is 196 g/mol. The summed E-state index contributed by atoms with van der Waals surface area (Å²) in [6, 6.07) is 0.223. The Morgan fingerprint density at radius 3 is 2.86 bits per heavy atom. The Kier molecular flexibility index (Phi) is 4.66. The lowest BCUT2D eigenvalue weighted by atomic mass is 10.2. The Bertz CT molecular complexity index is 258. The molecule has 0 saturated heterocycles. The molecule has 1 atom stereocenters. The third-order valence-electron chi connectivity index (χ3n) is 2.24. The third-order valence-corrected chi connectivity index (χ3v) is 2.24. The van der Waals surface area contributed by atoms with Crippen molar-refractivity contribution in [3.63, 3.8) is 0 Å². The van der Waals surface area contributed by atoms with Crippen LogP contribution < -0.4 is 5.32 Å². The van der Waals surface area contributed by atoms with Gasteiger partial charge in [0.05, 0.1) is 12.2 Å². The van der Waals surface area contributed by atoms with Crippen LogP contribution in [-0.4, -0.2) is 11.5 Å². The maximum Gasteiger partial charge on any atom is 0.211 e. The van der Waals surface area contributed by atoms with Gasteiger partial charge in [0.15, 0.2) is 0 Å². The van der Waals surface area contributed by atoms with Crippen LogP contribution in [0, 0.1) is 6.92 Å². The molecule has 0 saturated carbocycles. The average Bonchev–Trinajstić information content (AvgIpc) is 2.59. The van der Waals surface area contributed by atoms with Gasteiger partial charge in [-0.2, -0.15) is 0 Å². The van der Waals surface area contributed by atoms with Crippen LogP contribution in [0.15, 0.2) is 10.6 Å². The Morgan fingerprint density at radius 2 is 2.29 bits per heavy atom.